The molecule has 0 saturated carbocycles. The molecule has 0 spiro atoms. The number of aromatic nitrogens is 1. The van der Waals surface area contributed by atoms with Crippen LogP contribution in [-0.2, 0) is 6.54 Å². The summed E-state index contributed by atoms with van der Waals surface area (Å²) < 4.78 is 44.6. The molecule has 1 aliphatic heterocycles. The van der Waals surface area contributed by atoms with Crippen molar-refractivity contribution in [1.82, 2.24) is 14.8 Å². The van der Waals surface area contributed by atoms with Gasteiger partial charge in [0.15, 0.2) is 0 Å². The lowest BCUT2D eigenvalue weighted by molar-refractivity contribution is -0.123. The number of pyridine rings is 1. The fourth-order valence-electron chi connectivity index (χ4n) is 4.14. The summed E-state index contributed by atoms with van der Waals surface area (Å²) in [4.78, 5) is 40.6. The monoisotopic (exact) mass is 479 g/mol. The molecule has 0 aliphatic carbocycles. The molecule has 0 unspecified atom stereocenters. The first-order valence-electron chi connectivity index (χ1n) is 11.2. The van der Waals surface area contributed by atoms with Gasteiger partial charge in [0.1, 0.15) is 23.4 Å². The summed E-state index contributed by atoms with van der Waals surface area (Å²) in [6.45, 7) is 1.04. The summed E-state index contributed by atoms with van der Waals surface area (Å²) in [5.41, 5.74) is -0.870. The Kier molecular flexibility index (Phi) is 8.01. The third-order valence-corrected chi connectivity index (χ3v) is 5.86. The number of carbonyl (C=O) groups is 2. The van der Waals surface area contributed by atoms with Crippen molar-refractivity contribution in [3.8, 4) is 5.75 Å². The maximum absolute atomic E-state index is 13.4. The minimum atomic E-state index is -4.63. The molecule has 0 radical (unpaired) electrons. The van der Waals surface area contributed by atoms with E-state index >= 15 is 0 Å². The molecule has 10 heteroatoms. The molecule has 2 amide bonds. The second kappa shape index (κ2) is 10.8. The summed E-state index contributed by atoms with van der Waals surface area (Å²) in [5, 5.41) is 1.73. The van der Waals surface area contributed by atoms with Crippen molar-refractivity contribution in [3.05, 3.63) is 63.6 Å². The van der Waals surface area contributed by atoms with Crippen molar-refractivity contribution < 1.29 is 27.5 Å². The van der Waals surface area contributed by atoms with Crippen LogP contribution in [0.1, 0.15) is 58.9 Å². The molecule has 0 bridgehead atoms. The Morgan fingerprint density at radius 1 is 1.18 bits per heavy atom. The summed E-state index contributed by atoms with van der Waals surface area (Å²) in [6.07, 6.45) is 1.21. The Morgan fingerprint density at radius 2 is 1.91 bits per heavy atom. The first kappa shape index (κ1) is 25.3. The third kappa shape index (κ3) is 6.18. The number of nitrogens with one attached hydrogen (secondary N) is 1. The minimum absolute atomic E-state index is 0.0322. The van der Waals surface area contributed by atoms with E-state index in [0.717, 1.165) is 31.2 Å². The Labute approximate surface area is 195 Å². The van der Waals surface area contributed by atoms with Crippen molar-refractivity contribution in [1.29, 1.82) is 0 Å². The maximum atomic E-state index is 13.4. The molecule has 1 aromatic heterocycles. The van der Waals surface area contributed by atoms with E-state index in [1.54, 1.807) is 34.5 Å². The molecular formula is C24H28F3N3O4. The van der Waals surface area contributed by atoms with E-state index in [2.05, 4.69) is 0 Å². The van der Waals surface area contributed by atoms with E-state index < -0.39 is 35.5 Å². The first-order chi connectivity index (χ1) is 16.1. The van der Waals surface area contributed by atoms with E-state index in [9.17, 15) is 27.6 Å². The maximum Gasteiger partial charge on any atom is 0.405 e. The van der Waals surface area contributed by atoms with E-state index in [0.29, 0.717) is 12.3 Å². The normalized spacial score (nSPS) is 16.3. The number of amides is 2. The summed E-state index contributed by atoms with van der Waals surface area (Å²) in [5.74, 6) is -1.10. The number of rotatable bonds is 7. The summed E-state index contributed by atoms with van der Waals surface area (Å²) in [6, 6.07) is 7.03. The molecule has 34 heavy (non-hydrogen) atoms. The molecular weight excluding hydrogens is 451 g/mol. The minimum Gasteiger partial charge on any atom is -0.497 e. The van der Waals surface area contributed by atoms with Gasteiger partial charge in [-0.25, -0.2) is 0 Å². The molecule has 1 fully saturated rings. The van der Waals surface area contributed by atoms with Crippen LogP contribution >= 0.6 is 0 Å². The fraction of sp³-hybridized carbons (Fsp3) is 0.458. The number of ether oxygens (including phenoxy) is 1. The molecule has 3 rings (SSSR count). The van der Waals surface area contributed by atoms with Crippen LogP contribution in [0.2, 0.25) is 0 Å². The predicted octanol–water partition coefficient (Wildman–Crippen LogP) is 3.60. The Bertz CT molecular complexity index is 1100. The van der Waals surface area contributed by atoms with Gasteiger partial charge in [0.25, 0.3) is 11.8 Å². The largest absolute Gasteiger partial charge is 0.497 e. The highest BCUT2D eigenvalue weighted by Crippen LogP contribution is 2.22. The molecule has 2 aromatic rings. The molecule has 1 N–H and O–H groups in total. The average Bonchev–Trinajstić information content (AvgIpc) is 2.82. The Hall–Kier alpha value is -3.30. The van der Waals surface area contributed by atoms with Gasteiger partial charge in [-0.15, -0.1) is 0 Å². The zero-order valence-electron chi connectivity index (χ0n) is 19.2. The number of hydrogen-bond acceptors (Lipinski definition) is 4. The van der Waals surface area contributed by atoms with Gasteiger partial charge in [-0.3, -0.25) is 14.4 Å². The number of piperidine rings is 1. The van der Waals surface area contributed by atoms with Gasteiger partial charge < -0.3 is 19.5 Å². The van der Waals surface area contributed by atoms with Gasteiger partial charge in [-0.2, -0.15) is 13.2 Å². The Balaban J connectivity index is 2.02. The van der Waals surface area contributed by atoms with Crippen molar-refractivity contribution >= 4 is 11.8 Å². The number of methoxy groups -OCH3 is 1. The fourth-order valence-corrected chi connectivity index (χ4v) is 4.14. The van der Waals surface area contributed by atoms with Gasteiger partial charge in [0.05, 0.1) is 7.11 Å². The number of benzene rings is 1. The molecule has 1 saturated heterocycles. The zero-order valence-corrected chi connectivity index (χ0v) is 19.2. The molecule has 7 nitrogen and oxygen atoms in total. The van der Waals surface area contributed by atoms with Crippen molar-refractivity contribution in [2.24, 2.45) is 0 Å². The number of alkyl halides is 3. The second-order valence-electron chi connectivity index (χ2n) is 8.29. The zero-order chi connectivity index (χ0) is 24.9. The van der Waals surface area contributed by atoms with E-state index in [-0.39, 0.29) is 18.2 Å². The highest BCUT2D eigenvalue weighted by molar-refractivity contribution is 5.99. The summed E-state index contributed by atoms with van der Waals surface area (Å²) in [7, 11) is 1.51. The van der Waals surface area contributed by atoms with Crippen molar-refractivity contribution in [3.63, 3.8) is 0 Å². The lowest BCUT2D eigenvalue weighted by atomic mass is 9.98. The number of hydrogen-bond donors (Lipinski definition) is 1. The van der Waals surface area contributed by atoms with Crippen LogP contribution in [0, 0.1) is 0 Å². The van der Waals surface area contributed by atoms with Gasteiger partial charge >= 0.3 is 6.18 Å². The lowest BCUT2D eigenvalue weighted by Crippen LogP contribution is -2.46. The van der Waals surface area contributed by atoms with Crippen LogP contribution in [0.4, 0.5) is 13.2 Å². The van der Waals surface area contributed by atoms with Crippen molar-refractivity contribution in [2.45, 2.75) is 51.4 Å². The van der Waals surface area contributed by atoms with Crippen molar-refractivity contribution in [2.75, 3.05) is 20.2 Å². The quantitative estimate of drug-likeness (QED) is 0.658. The Morgan fingerprint density at radius 3 is 2.59 bits per heavy atom. The van der Waals surface area contributed by atoms with Crippen LogP contribution < -0.4 is 15.5 Å². The molecule has 1 aliphatic rings. The highest BCUT2D eigenvalue weighted by atomic mass is 19.4. The topological polar surface area (TPSA) is 80.6 Å². The van der Waals surface area contributed by atoms with Crippen LogP contribution in [0.5, 0.6) is 5.75 Å². The van der Waals surface area contributed by atoms with E-state index in [1.165, 1.54) is 24.1 Å². The third-order valence-electron chi connectivity index (χ3n) is 5.86. The van der Waals surface area contributed by atoms with Gasteiger partial charge in [-0.1, -0.05) is 19.1 Å². The van der Waals surface area contributed by atoms with Crippen LogP contribution in [0.15, 0.2) is 41.5 Å². The average molecular weight is 479 g/mol. The van der Waals surface area contributed by atoms with Gasteiger partial charge in [0.2, 0.25) is 5.43 Å². The molecule has 2 heterocycles. The van der Waals surface area contributed by atoms with Crippen LogP contribution in [-0.4, -0.2) is 53.7 Å². The number of halogens is 3. The number of likely N-dealkylation sites (tertiary alicyclic amines) is 1. The van der Waals surface area contributed by atoms with Gasteiger partial charge in [0, 0.05) is 31.5 Å². The van der Waals surface area contributed by atoms with Gasteiger partial charge in [-0.05, 0) is 43.4 Å². The smallest absolute Gasteiger partial charge is 0.405 e. The van der Waals surface area contributed by atoms with E-state index in [4.69, 9.17) is 4.74 Å². The lowest BCUT2D eigenvalue weighted by Gasteiger charge is -2.35. The number of carbonyl (C=O) groups excluding carboxylic acids is 2. The standard InChI is InChI=1S/C24H28F3N3O4/c1-3-17-8-4-5-10-30(17)23(33)20-14-29(12-16-7-6-9-18(11-16)34-2)13-19(21(20)31)22(32)28-15-24(25,26)27/h6-7,9,11,13-14,17H,3-5,8,10,12,15H2,1-2H3,(H,28,32)/t17-/m0/s1. The highest BCUT2D eigenvalue weighted by Gasteiger charge is 2.31. The first-order valence-corrected chi connectivity index (χ1v) is 11.2. The molecule has 1 atom stereocenters. The SMILES string of the molecule is CC[C@H]1CCCCN1C(=O)c1cn(Cc2cccc(OC)c2)cc(C(=O)NCC(F)(F)F)c1=O. The second-order valence-corrected chi connectivity index (χ2v) is 8.29. The summed E-state index contributed by atoms with van der Waals surface area (Å²) >= 11 is 0. The van der Waals surface area contributed by atoms with E-state index in [1.807, 2.05) is 6.92 Å². The number of nitrogens with zero attached hydrogens (tertiary/aromatic N) is 2. The molecule has 184 valence electrons. The van der Waals surface area contributed by atoms with Crippen LogP contribution in [0.25, 0.3) is 0 Å². The molecule has 1 aromatic carbocycles. The van der Waals surface area contributed by atoms with Crippen LogP contribution in [0.3, 0.4) is 0 Å². The predicted molar refractivity (Wildman–Crippen MR) is 120 cm³/mol.